The molecule has 2 aliphatic rings. The third-order valence-corrected chi connectivity index (χ3v) is 6.02. The largest absolute Gasteiger partial charge is 0.454 e. The lowest BCUT2D eigenvalue weighted by Crippen LogP contribution is -2.34. The number of carbonyl (C=O) groups excluding carboxylic acids is 1. The molecule has 4 rings (SSSR count). The van der Waals surface area contributed by atoms with Crippen LogP contribution < -0.4 is 14.8 Å². The topological polar surface area (TPSA) is 81.5 Å². The molecule has 1 atom stereocenters. The first-order valence-corrected chi connectivity index (χ1v) is 10.9. The summed E-state index contributed by atoms with van der Waals surface area (Å²) in [4.78, 5) is 14.4. The summed E-state index contributed by atoms with van der Waals surface area (Å²) in [6.45, 7) is 9.47. The van der Waals surface area contributed by atoms with Crippen LogP contribution in [0.15, 0.2) is 12.1 Å². The first kappa shape index (κ1) is 20.9. The number of aromatic nitrogens is 3. The second-order valence-corrected chi connectivity index (χ2v) is 8.50. The molecule has 0 spiro atoms. The van der Waals surface area contributed by atoms with E-state index in [2.05, 4.69) is 38.8 Å². The maximum Gasteiger partial charge on any atom is 0.231 e. The Morgan fingerprint density at radius 1 is 1.20 bits per heavy atom. The molecule has 9 heteroatoms. The van der Waals surface area contributed by atoms with E-state index in [0.29, 0.717) is 17.2 Å². The van der Waals surface area contributed by atoms with Gasteiger partial charge in [-0.2, -0.15) is 0 Å². The fourth-order valence-electron chi connectivity index (χ4n) is 3.90. The van der Waals surface area contributed by atoms with E-state index >= 15 is 0 Å². The van der Waals surface area contributed by atoms with E-state index in [9.17, 15) is 4.79 Å². The highest BCUT2D eigenvalue weighted by atomic mass is 35.5. The van der Waals surface area contributed by atoms with Crippen molar-refractivity contribution in [2.45, 2.75) is 52.7 Å². The van der Waals surface area contributed by atoms with Crippen molar-refractivity contribution in [3.63, 3.8) is 0 Å². The van der Waals surface area contributed by atoms with Crippen molar-refractivity contribution in [1.82, 2.24) is 25.0 Å². The second-order valence-electron chi connectivity index (χ2n) is 8.09. The van der Waals surface area contributed by atoms with E-state index in [0.717, 1.165) is 55.6 Å². The Bertz CT molecular complexity index is 930. The van der Waals surface area contributed by atoms with Gasteiger partial charge < -0.3 is 19.4 Å². The molecular formula is C21H28ClN5O3. The number of ether oxygens (including phenoxy) is 2. The number of nitrogens with zero attached hydrogens (tertiary/aromatic N) is 4. The fourth-order valence-corrected chi connectivity index (χ4v) is 4.12. The number of halogens is 1. The maximum absolute atomic E-state index is 12.0. The molecule has 0 aliphatic carbocycles. The standard InChI is InChI=1S/C21H28ClN5O3/c1-4-19(28)23-20(13(2)3)21-25-24-18-5-6-26(7-8-27(18)21)11-14-9-16-17(10-15(14)22)30-12-29-16/h9-10,13,20H,4-8,11-12H2,1-3H3,(H,23,28)/t20-/m0/s1. The van der Waals surface area contributed by atoms with Crippen LogP contribution in [-0.2, 0) is 24.3 Å². The first-order valence-electron chi connectivity index (χ1n) is 10.5. The second kappa shape index (κ2) is 8.81. The van der Waals surface area contributed by atoms with Gasteiger partial charge in [-0.3, -0.25) is 9.69 Å². The molecule has 0 fully saturated rings. The summed E-state index contributed by atoms with van der Waals surface area (Å²) in [7, 11) is 0. The molecule has 1 aromatic heterocycles. The molecule has 0 bridgehead atoms. The number of fused-ring (bicyclic) bond motifs is 2. The van der Waals surface area contributed by atoms with Crippen LogP contribution in [0, 0.1) is 5.92 Å². The van der Waals surface area contributed by atoms with Gasteiger partial charge in [0.2, 0.25) is 12.7 Å². The summed E-state index contributed by atoms with van der Waals surface area (Å²) in [5, 5.41) is 12.7. The summed E-state index contributed by atoms with van der Waals surface area (Å²) in [6.07, 6.45) is 1.25. The van der Waals surface area contributed by atoms with Gasteiger partial charge in [0.1, 0.15) is 5.82 Å². The van der Waals surface area contributed by atoms with Gasteiger partial charge >= 0.3 is 0 Å². The third-order valence-electron chi connectivity index (χ3n) is 5.67. The number of hydrogen-bond acceptors (Lipinski definition) is 6. The monoisotopic (exact) mass is 433 g/mol. The zero-order valence-corrected chi connectivity index (χ0v) is 18.4. The number of benzene rings is 1. The maximum atomic E-state index is 12.0. The van der Waals surface area contributed by atoms with Gasteiger partial charge in [-0.15, -0.1) is 10.2 Å². The summed E-state index contributed by atoms with van der Waals surface area (Å²) >= 11 is 6.47. The zero-order valence-electron chi connectivity index (χ0n) is 17.7. The Kier molecular flexibility index (Phi) is 6.15. The number of rotatable bonds is 6. The number of carbonyl (C=O) groups is 1. The van der Waals surface area contributed by atoms with E-state index in [4.69, 9.17) is 21.1 Å². The lowest BCUT2D eigenvalue weighted by molar-refractivity contribution is -0.121. The summed E-state index contributed by atoms with van der Waals surface area (Å²) < 4.78 is 13.1. The van der Waals surface area contributed by atoms with Crippen molar-refractivity contribution in [2.75, 3.05) is 19.9 Å². The van der Waals surface area contributed by atoms with Crippen LogP contribution in [0.4, 0.5) is 0 Å². The number of hydrogen-bond donors (Lipinski definition) is 1. The molecular weight excluding hydrogens is 406 g/mol. The Morgan fingerprint density at radius 2 is 1.97 bits per heavy atom. The molecule has 0 unspecified atom stereocenters. The molecule has 2 aliphatic heterocycles. The van der Waals surface area contributed by atoms with Crippen molar-refractivity contribution in [3.05, 3.63) is 34.4 Å². The molecule has 0 saturated carbocycles. The van der Waals surface area contributed by atoms with Crippen LogP contribution in [-0.4, -0.2) is 45.5 Å². The zero-order chi connectivity index (χ0) is 21.3. The fraction of sp³-hybridized carbons (Fsp3) is 0.571. The number of amides is 1. The van der Waals surface area contributed by atoms with Gasteiger partial charge in [0.05, 0.1) is 6.04 Å². The van der Waals surface area contributed by atoms with Crippen LogP contribution in [0.2, 0.25) is 5.02 Å². The minimum absolute atomic E-state index is 0.0266. The molecule has 2 aromatic rings. The van der Waals surface area contributed by atoms with Gasteiger partial charge in [-0.25, -0.2) is 0 Å². The lowest BCUT2D eigenvalue weighted by Gasteiger charge is -2.23. The molecule has 1 amide bonds. The highest BCUT2D eigenvalue weighted by Crippen LogP contribution is 2.37. The highest BCUT2D eigenvalue weighted by Gasteiger charge is 2.27. The summed E-state index contributed by atoms with van der Waals surface area (Å²) in [5.41, 5.74) is 1.02. The molecule has 0 radical (unpaired) electrons. The van der Waals surface area contributed by atoms with Gasteiger partial charge in [0, 0.05) is 50.1 Å². The van der Waals surface area contributed by atoms with Crippen molar-refractivity contribution >= 4 is 17.5 Å². The van der Waals surface area contributed by atoms with E-state index in [1.165, 1.54) is 0 Å². The van der Waals surface area contributed by atoms with Gasteiger partial charge in [-0.1, -0.05) is 32.4 Å². The van der Waals surface area contributed by atoms with Crippen molar-refractivity contribution in [3.8, 4) is 11.5 Å². The van der Waals surface area contributed by atoms with Gasteiger partial charge in [0.25, 0.3) is 0 Å². The average molecular weight is 434 g/mol. The SMILES string of the molecule is CCC(=O)N[C@H](c1nnc2n1CCN(Cc1cc3c(cc1Cl)OCO3)CC2)C(C)C. The molecule has 1 N–H and O–H groups in total. The van der Waals surface area contributed by atoms with Crippen LogP contribution in [0.25, 0.3) is 0 Å². The molecule has 3 heterocycles. The minimum atomic E-state index is -0.145. The smallest absolute Gasteiger partial charge is 0.231 e. The normalized spacial score (nSPS) is 17.0. The minimum Gasteiger partial charge on any atom is -0.454 e. The molecule has 30 heavy (non-hydrogen) atoms. The van der Waals surface area contributed by atoms with E-state index in [-0.39, 0.29) is 24.7 Å². The Balaban J connectivity index is 1.48. The van der Waals surface area contributed by atoms with Crippen LogP contribution in [0.1, 0.15) is 50.4 Å². The highest BCUT2D eigenvalue weighted by molar-refractivity contribution is 6.31. The van der Waals surface area contributed by atoms with Crippen molar-refractivity contribution < 1.29 is 14.3 Å². The van der Waals surface area contributed by atoms with Gasteiger partial charge in [0.15, 0.2) is 17.3 Å². The van der Waals surface area contributed by atoms with Crippen LogP contribution in [0.3, 0.4) is 0 Å². The summed E-state index contributed by atoms with van der Waals surface area (Å²) in [6, 6.07) is 3.65. The predicted molar refractivity (Wildman–Crippen MR) is 113 cm³/mol. The summed E-state index contributed by atoms with van der Waals surface area (Å²) in [5.74, 6) is 3.49. The van der Waals surface area contributed by atoms with Crippen LogP contribution in [0.5, 0.6) is 11.5 Å². The number of nitrogens with one attached hydrogen (secondary N) is 1. The van der Waals surface area contributed by atoms with Crippen molar-refractivity contribution in [2.24, 2.45) is 5.92 Å². The predicted octanol–water partition coefficient (Wildman–Crippen LogP) is 2.94. The molecule has 1 aromatic carbocycles. The average Bonchev–Trinajstić information content (AvgIpc) is 3.28. The first-order chi connectivity index (χ1) is 14.5. The molecule has 162 valence electrons. The molecule has 8 nitrogen and oxygen atoms in total. The Hall–Kier alpha value is -2.32. The van der Waals surface area contributed by atoms with E-state index < -0.39 is 0 Å². The van der Waals surface area contributed by atoms with Crippen molar-refractivity contribution in [1.29, 1.82) is 0 Å². The lowest BCUT2D eigenvalue weighted by atomic mass is 10.0. The third kappa shape index (κ3) is 4.25. The quantitative estimate of drug-likeness (QED) is 0.754. The van der Waals surface area contributed by atoms with Crippen LogP contribution >= 0.6 is 11.6 Å². The molecule has 0 saturated heterocycles. The Morgan fingerprint density at radius 3 is 2.70 bits per heavy atom. The Labute approximate surface area is 181 Å². The van der Waals surface area contributed by atoms with E-state index in [1.807, 2.05) is 19.1 Å². The van der Waals surface area contributed by atoms with Gasteiger partial charge in [-0.05, 0) is 17.5 Å². The van der Waals surface area contributed by atoms with E-state index in [1.54, 1.807) is 0 Å².